The van der Waals surface area contributed by atoms with Crippen molar-refractivity contribution in [3.63, 3.8) is 0 Å². The first-order valence-electron chi connectivity index (χ1n) is 9.65. The first-order chi connectivity index (χ1) is 13.7. The van der Waals surface area contributed by atoms with Crippen molar-refractivity contribution in [3.8, 4) is 5.75 Å². The number of ether oxygens (including phenoxy) is 2. The molecule has 1 atom stereocenters. The van der Waals surface area contributed by atoms with Crippen LogP contribution in [0.25, 0.3) is 0 Å². The molecule has 1 saturated heterocycles. The number of nitrogens with one attached hydrogen (secondary N) is 1. The second kappa shape index (κ2) is 9.78. The predicted molar refractivity (Wildman–Crippen MR) is 106 cm³/mol. The molecule has 6 heteroatoms. The first kappa shape index (κ1) is 19.7. The zero-order chi connectivity index (χ0) is 19.8. The molecule has 1 N–H and O–H groups in total. The fourth-order valence-corrected chi connectivity index (χ4v) is 3.24. The van der Waals surface area contributed by atoms with Gasteiger partial charge in [0, 0.05) is 24.7 Å². The summed E-state index contributed by atoms with van der Waals surface area (Å²) in [6.45, 7) is 3.76. The van der Waals surface area contributed by atoms with Crippen LogP contribution in [-0.4, -0.2) is 42.6 Å². The Bertz CT molecular complexity index is 777. The summed E-state index contributed by atoms with van der Waals surface area (Å²) in [7, 11) is 0. The highest BCUT2D eigenvalue weighted by molar-refractivity contribution is 5.94. The minimum atomic E-state index is -0.429. The van der Waals surface area contributed by atoms with Gasteiger partial charge >= 0.3 is 6.09 Å². The summed E-state index contributed by atoms with van der Waals surface area (Å²) < 4.78 is 10.7. The minimum absolute atomic E-state index is 0.0371. The van der Waals surface area contributed by atoms with Crippen LogP contribution in [-0.2, 0) is 11.3 Å². The average Bonchev–Trinajstić information content (AvgIpc) is 2.73. The number of piperidine rings is 1. The lowest BCUT2D eigenvalue weighted by Gasteiger charge is -2.33. The molecule has 0 aliphatic carbocycles. The van der Waals surface area contributed by atoms with E-state index in [1.54, 1.807) is 24.0 Å². The third kappa shape index (κ3) is 5.49. The summed E-state index contributed by atoms with van der Waals surface area (Å²) in [5.41, 5.74) is 1.71. The molecule has 0 saturated carbocycles. The Morgan fingerprint density at radius 1 is 1.11 bits per heavy atom. The lowest BCUT2D eigenvalue weighted by Crippen LogP contribution is -2.49. The van der Waals surface area contributed by atoms with Crippen molar-refractivity contribution in [2.24, 2.45) is 0 Å². The summed E-state index contributed by atoms with van der Waals surface area (Å²) in [5, 5.41) is 2.82. The number of carbonyl (C=O) groups excluding carboxylic acids is 2. The van der Waals surface area contributed by atoms with Crippen molar-refractivity contribution in [1.29, 1.82) is 0 Å². The van der Waals surface area contributed by atoms with E-state index >= 15 is 0 Å². The van der Waals surface area contributed by atoms with E-state index in [0.29, 0.717) is 31.9 Å². The van der Waals surface area contributed by atoms with Crippen LogP contribution in [0, 0.1) is 0 Å². The van der Waals surface area contributed by atoms with Gasteiger partial charge in [0.05, 0.1) is 6.61 Å². The summed E-state index contributed by atoms with van der Waals surface area (Å²) in [5.74, 6) is 0.686. The molecular weight excluding hydrogens is 356 g/mol. The maximum Gasteiger partial charge on any atom is 0.407 e. The standard InChI is InChI=1S/C22H26N2O4/c1-2-27-22(26)23-19-9-6-14-24(15-19)21(25)18-10-12-20(13-11-18)28-16-17-7-4-3-5-8-17/h3-5,7-8,10-13,19H,2,6,9,14-16H2,1H3,(H,23,26). The molecule has 6 nitrogen and oxygen atoms in total. The van der Waals surface area contributed by atoms with Gasteiger partial charge in [-0.15, -0.1) is 0 Å². The molecule has 2 aromatic carbocycles. The summed E-state index contributed by atoms with van der Waals surface area (Å²) in [4.78, 5) is 26.2. The van der Waals surface area contributed by atoms with E-state index in [4.69, 9.17) is 9.47 Å². The topological polar surface area (TPSA) is 67.9 Å². The van der Waals surface area contributed by atoms with Gasteiger partial charge < -0.3 is 19.7 Å². The third-order valence-electron chi connectivity index (χ3n) is 4.66. The van der Waals surface area contributed by atoms with E-state index in [1.165, 1.54) is 0 Å². The van der Waals surface area contributed by atoms with E-state index in [2.05, 4.69) is 5.32 Å². The van der Waals surface area contributed by atoms with Crippen LogP contribution in [0.5, 0.6) is 5.75 Å². The lowest BCUT2D eigenvalue weighted by atomic mass is 10.0. The Balaban J connectivity index is 1.54. The van der Waals surface area contributed by atoms with E-state index in [-0.39, 0.29) is 11.9 Å². The highest BCUT2D eigenvalue weighted by atomic mass is 16.5. The maximum absolute atomic E-state index is 12.8. The lowest BCUT2D eigenvalue weighted by molar-refractivity contribution is 0.0686. The van der Waals surface area contributed by atoms with Crippen molar-refractivity contribution < 1.29 is 19.1 Å². The van der Waals surface area contributed by atoms with Crippen molar-refractivity contribution in [2.75, 3.05) is 19.7 Å². The Hall–Kier alpha value is -3.02. The van der Waals surface area contributed by atoms with E-state index in [9.17, 15) is 9.59 Å². The molecular formula is C22H26N2O4. The van der Waals surface area contributed by atoms with Gasteiger partial charge in [0.15, 0.2) is 0 Å². The molecule has 0 bridgehead atoms. The average molecular weight is 382 g/mol. The minimum Gasteiger partial charge on any atom is -0.489 e. The molecule has 0 radical (unpaired) electrons. The van der Waals surface area contributed by atoms with Crippen molar-refractivity contribution >= 4 is 12.0 Å². The van der Waals surface area contributed by atoms with Crippen molar-refractivity contribution in [3.05, 3.63) is 65.7 Å². The molecule has 0 aromatic heterocycles. The van der Waals surface area contributed by atoms with E-state index in [0.717, 1.165) is 24.2 Å². The summed E-state index contributed by atoms with van der Waals surface area (Å²) in [6, 6.07) is 17.1. The number of alkyl carbamates (subject to hydrolysis) is 1. The second-order valence-electron chi connectivity index (χ2n) is 6.75. The number of benzene rings is 2. The zero-order valence-corrected chi connectivity index (χ0v) is 16.1. The monoisotopic (exact) mass is 382 g/mol. The molecule has 2 amide bonds. The Kier molecular flexibility index (Phi) is 6.89. The van der Waals surface area contributed by atoms with Crippen LogP contribution in [0.15, 0.2) is 54.6 Å². The molecule has 2 aromatic rings. The van der Waals surface area contributed by atoms with Crippen LogP contribution in [0.2, 0.25) is 0 Å². The second-order valence-corrected chi connectivity index (χ2v) is 6.75. The van der Waals surface area contributed by atoms with Gasteiger partial charge in [0.25, 0.3) is 5.91 Å². The Labute approximate surface area is 165 Å². The first-order valence-corrected chi connectivity index (χ1v) is 9.65. The van der Waals surface area contributed by atoms with Crippen LogP contribution >= 0.6 is 0 Å². The number of likely N-dealkylation sites (tertiary alicyclic amines) is 1. The summed E-state index contributed by atoms with van der Waals surface area (Å²) in [6.07, 6.45) is 1.26. The predicted octanol–water partition coefficient (Wildman–Crippen LogP) is 3.62. The number of carbonyl (C=O) groups is 2. The van der Waals surface area contributed by atoms with Gasteiger partial charge in [-0.1, -0.05) is 30.3 Å². The SMILES string of the molecule is CCOC(=O)NC1CCCN(C(=O)c2ccc(OCc3ccccc3)cc2)C1. The maximum atomic E-state index is 12.8. The highest BCUT2D eigenvalue weighted by Crippen LogP contribution is 2.18. The number of rotatable bonds is 6. The molecule has 0 spiro atoms. The Morgan fingerprint density at radius 3 is 2.57 bits per heavy atom. The van der Waals surface area contributed by atoms with Crippen molar-refractivity contribution in [1.82, 2.24) is 10.2 Å². The van der Waals surface area contributed by atoms with Crippen LogP contribution in [0.4, 0.5) is 4.79 Å². The fraction of sp³-hybridized carbons (Fsp3) is 0.364. The fourth-order valence-electron chi connectivity index (χ4n) is 3.24. The van der Waals surface area contributed by atoms with Crippen LogP contribution in [0.3, 0.4) is 0 Å². The van der Waals surface area contributed by atoms with Gasteiger partial charge in [0.1, 0.15) is 12.4 Å². The normalized spacial score (nSPS) is 16.3. The van der Waals surface area contributed by atoms with Gasteiger partial charge in [-0.3, -0.25) is 4.79 Å². The summed E-state index contributed by atoms with van der Waals surface area (Å²) >= 11 is 0. The van der Waals surface area contributed by atoms with Crippen LogP contribution < -0.4 is 10.1 Å². The molecule has 1 heterocycles. The number of nitrogens with zero attached hydrogens (tertiary/aromatic N) is 1. The van der Waals surface area contributed by atoms with E-state index in [1.807, 2.05) is 42.5 Å². The quantitative estimate of drug-likeness (QED) is 0.829. The highest BCUT2D eigenvalue weighted by Gasteiger charge is 2.25. The van der Waals surface area contributed by atoms with Crippen molar-refractivity contribution in [2.45, 2.75) is 32.4 Å². The Morgan fingerprint density at radius 2 is 1.86 bits per heavy atom. The molecule has 148 valence electrons. The molecule has 1 aliphatic rings. The van der Waals surface area contributed by atoms with E-state index < -0.39 is 6.09 Å². The largest absolute Gasteiger partial charge is 0.489 e. The van der Waals surface area contributed by atoms with Gasteiger partial charge in [-0.25, -0.2) is 4.79 Å². The smallest absolute Gasteiger partial charge is 0.407 e. The van der Waals surface area contributed by atoms with Crippen LogP contribution in [0.1, 0.15) is 35.7 Å². The van der Waals surface area contributed by atoms with Gasteiger partial charge in [-0.2, -0.15) is 0 Å². The molecule has 1 fully saturated rings. The number of hydrogen-bond acceptors (Lipinski definition) is 4. The van der Waals surface area contributed by atoms with Gasteiger partial charge in [0.2, 0.25) is 0 Å². The molecule has 3 rings (SSSR count). The third-order valence-corrected chi connectivity index (χ3v) is 4.66. The number of amides is 2. The molecule has 1 aliphatic heterocycles. The molecule has 1 unspecified atom stereocenters. The number of hydrogen-bond donors (Lipinski definition) is 1. The molecule has 28 heavy (non-hydrogen) atoms. The zero-order valence-electron chi connectivity index (χ0n) is 16.1. The van der Waals surface area contributed by atoms with Gasteiger partial charge in [-0.05, 0) is 49.6 Å².